The number of carbonyl (C=O) groups excluding carboxylic acids is 1. The Morgan fingerprint density at radius 2 is 2.00 bits per heavy atom. The number of halogens is 1. The molecule has 0 aromatic heterocycles. The average Bonchev–Trinajstić information content (AvgIpc) is 2.23. The van der Waals surface area contributed by atoms with Gasteiger partial charge in [-0.15, -0.1) is 0 Å². The molecule has 7 heteroatoms. The van der Waals surface area contributed by atoms with Crippen LogP contribution >= 0.6 is 0 Å². The molecule has 18 heavy (non-hydrogen) atoms. The van der Waals surface area contributed by atoms with Gasteiger partial charge in [0.25, 0.3) is 0 Å². The molecular weight excluding hydrogens is 261 g/mol. The molecule has 0 unspecified atom stereocenters. The first-order valence-corrected chi connectivity index (χ1v) is 6.75. The number of nitrogens with two attached hydrogens (primary N) is 1. The van der Waals surface area contributed by atoms with E-state index in [1.165, 1.54) is 0 Å². The van der Waals surface area contributed by atoms with Gasteiger partial charge >= 0.3 is 5.97 Å². The summed E-state index contributed by atoms with van der Waals surface area (Å²) < 4.78 is 40.2. The smallest absolute Gasteiger partial charge is 0.338 e. The van der Waals surface area contributed by atoms with Crippen LogP contribution in [0.25, 0.3) is 0 Å². The topological polar surface area (TPSA) is 86.5 Å². The summed E-state index contributed by atoms with van der Waals surface area (Å²) in [5, 5.41) is 4.87. The number of benzene rings is 1. The molecule has 1 aromatic rings. The number of esters is 1. The highest BCUT2D eigenvalue weighted by Crippen LogP contribution is 2.14. The van der Waals surface area contributed by atoms with Crippen molar-refractivity contribution in [3.05, 3.63) is 29.6 Å². The van der Waals surface area contributed by atoms with Crippen molar-refractivity contribution in [2.24, 2.45) is 11.1 Å². The average molecular weight is 275 g/mol. The largest absolute Gasteiger partial charge is 0.462 e. The second-order valence-corrected chi connectivity index (χ2v) is 5.77. The van der Waals surface area contributed by atoms with E-state index >= 15 is 0 Å². The van der Waals surface area contributed by atoms with Crippen molar-refractivity contribution in [3.63, 3.8) is 0 Å². The minimum atomic E-state index is -4.06. The van der Waals surface area contributed by atoms with Gasteiger partial charge in [0, 0.05) is 0 Å². The lowest BCUT2D eigenvalue weighted by Gasteiger charge is -2.08. The second-order valence-electron chi connectivity index (χ2n) is 4.21. The number of carbonyl (C=O) groups is 1. The van der Waals surface area contributed by atoms with Crippen molar-refractivity contribution in [2.45, 2.75) is 18.7 Å². The van der Waals surface area contributed by atoms with Crippen molar-refractivity contribution in [3.8, 4) is 0 Å². The van der Waals surface area contributed by atoms with E-state index in [9.17, 15) is 17.6 Å². The molecule has 0 saturated carbocycles. The van der Waals surface area contributed by atoms with Gasteiger partial charge in [0.05, 0.1) is 17.1 Å². The number of rotatable bonds is 4. The molecule has 1 aromatic carbocycles. The van der Waals surface area contributed by atoms with Gasteiger partial charge < -0.3 is 4.74 Å². The lowest BCUT2D eigenvalue weighted by molar-refractivity contribution is 0.0458. The lowest BCUT2D eigenvalue weighted by atomic mass is 10.2. The Morgan fingerprint density at radius 3 is 2.50 bits per heavy atom. The minimum Gasteiger partial charge on any atom is -0.462 e. The Bertz CT molecular complexity index is 554. The summed E-state index contributed by atoms with van der Waals surface area (Å²) in [6.07, 6.45) is 0. The molecule has 0 fully saturated rings. The van der Waals surface area contributed by atoms with Crippen LogP contribution in [0.15, 0.2) is 23.1 Å². The normalized spacial score (nSPS) is 11.6. The first-order valence-electron chi connectivity index (χ1n) is 5.20. The van der Waals surface area contributed by atoms with Gasteiger partial charge in [-0.25, -0.2) is 22.7 Å². The van der Waals surface area contributed by atoms with Crippen molar-refractivity contribution in [1.29, 1.82) is 0 Å². The van der Waals surface area contributed by atoms with E-state index in [-0.39, 0.29) is 18.1 Å². The van der Waals surface area contributed by atoms with Crippen LogP contribution in [0.4, 0.5) is 4.39 Å². The maximum atomic E-state index is 13.2. The Balaban J connectivity index is 3.03. The quantitative estimate of drug-likeness (QED) is 0.839. The van der Waals surface area contributed by atoms with Crippen LogP contribution in [-0.2, 0) is 14.8 Å². The third-order valence-corrected chi connectivity index (χ3v) is 2.88. The zero-order valence-corrected chi connectivity index (χ0v) is 10.8. The third kappa shape index (κ3) is 4.08. The van der Waals surface area contributed by atoms with E-state index in [1.54, 1.807) is 0 Å². The summed E-state index contributed by atoms with van der Waals surface area (Å²) in [5.74, 6) is -1.52. The summed E-state index contributed by atoms with van der Waals surface area (Å²) >= 11 is 0. The van der Waals surface area contributed by atoms with E-state index < -0.39 is 26.7 Å². The van der Waals surface area contributed by atoms with Gasteiger partial charge in [0.15, 0.2) is 0 Å². The summed E-state index contributed by atoms with van der Waals surface area (Å²) in [6.45, 7) is 3.85. The Kier molecular flexibility index (Phi) is 4.42. The molecule has 5 nitrogen and oxygen atoms in total. The monoisotopic (exact) mass is 275 g/mol. The molecule has 0 aliphatic heterocycles. The predicted octanol–water partition coefficient (Wildman–Crippen LogP) is 1.29. The molecule has 0 bridgehead atoms. The van der Waals surface area contributed by atoms with Crippen LogP contribution in [0.1, 0.15) is 24.2 Å². The van der Waals surface area contributed by atoms with Crippen LogP contribution < -0.4 is 5.14 Å². The maximum Gasteiger partial charge on any atom is 0.338 e. The highest BCUT2D eigenvalue weighted by Gasteiger charge is 2.16. The van der Waals surface area contributed by atoms with E-state index in [2.05, 4.69) is 0 Å². The van der Waals surface area contributed by atoms with Crippen molar-refractivity contribution in [2.75, 3.05) is 6.61 Å². The van der Waals surface area contributed by atoms with Crippen LogP contribution in [0, 0.1) is 11.7 Å². The SMILES string of the molecule is CC(C)COC(=O)c1cc(F)cc(S(N)(=O)=O)c1. The molecule has 0 amide bonds. The fourth-order valence-electron chi connectivity index (χ4n) is 1.17. The molecule has 1 rings (SSSR count). The number of ether oxygens (including phenoxy) is 1. The van der Waals surface area contributed by atoms with Gasteiger partial charge in [-0.05, 0) is 24.1 Å². The molecule has 0 radical (unpaired) electrons. The van der Waals surface area contributed by atoms with E-state index in [0.29, 0.717) is 0 Å². The van der Waals surface area contributed by atoms with E-state index in [0.717, 1.165) is 18.2 Å². The summed E-state index contributed by atoms with van der Waals surface area (Å²) in [5.41, 5.74) is -0.181. The van der Waals surface area contributed by atoms with Gasteiger partial charge in [0.2, 0.25) is 10.0 Å². The molecule has 0 atom stereocenters. The van der Waals surface area contributed by atoms with Crippen molar-refractivity contribution in [1.82, 2.24) is 0 Å². The fourth-order valence-corrected chi connectivity index (χ4v) is 1.74. The zero-order chi connectivity index (χ0) is 13.9. The molecule has 0 aliphatic carbocycles. The molecular formula is C11H14FNO4S. The van der Waals surface area contributed by atoms with Crippen molar-refractivity contribution < 1.29 is 22.3 Å². The minimum absolute atomic E-state index is 0.125. The van der Waals surface area contributed by atoms with Crippen LogP contribution in [0.2, 0.25) is 0 Å². The summed E-state index contributed by atoms with van der Waals surface area (Å²) in [4.78, 5) is 11.1. The number of hydrogen-bond acceptors (Lipinski definition) is 4. The van der Waals surface area contributed by atoms with E-state index in [1.807, 2.05) is 13.8 Å². The van der Waals surface area contributed by atoms with Gasteiger partial charge in [-0.1, -0.05) is 13.8 Å². The molecule has 2 N–H and O–H groups in total. The number of hydrogen-bond donors (Lipinski definition) is 1. The Labute approximate surface area is 105 Å². The highest BCUT2D eigenvalue weighted by atomic mass is 32.2. The number of primary sulfonamides is 1. The Hall–Kier alpha value is -1.47. The van der Waals surface area contributed by atoms with Crippen LogP contribution in [0.5, 0.6) is 0 Å². The standard InChI is InChI=1S/C11H14FNO4S/c1-7(2)6-17-11(14)8-3-9(12)5-10(4-8)18(13,15)16/h3-5,7H,6H2,1-2H3,(H2,13,15,16). The van der Waals surface area contributed by atoms with Gasteiger partial charge in [-0.3, -0.25) is 0 Å². The second kappa shape index (κ2) is 5.45. The summed E-state index contributed by atoms with van der Waals surface area (Å²) in [7, 11) is -4.06. The van der Waals surface area contributed by atoms with Crippen LogP contribution in [-0.4, -0.2) is 21.0 Å². The maximum absolute atomic E-state index is 13.2. The zero-order valence-electron chi connectivity index (χ0n) is 10.0. The third-order valence-electron chi connectivity index (χ3n) is 1.98. The predicted molar refractivity (Wildman–Crippen MR) is 62.9 cm³/mol. The lowest BCUT2D eigenvalue weighted by Crippen LogP contribution is -2.15. The number of sulfonamides is 1. The molecule has 0 saturated heterocycles. The first kappa shape index (κ1) is 14.6. The molecule has 100 valence electrons. The van der Waals surface area contributed by atoms with E-state index in [4.69, 9.17) is 9.88 Å². The molecule has 0 spiro atoms. The van der Waals surface area contributed by atoms with Gasteiger partial charge in [-0.2, -0.15) is 0 Å². The molecule has 0 aliphatic rings. The Morgan fingerprint density at radius 1 is 1.39 bits per heavy atom. The summed E-state index contributed by atoms with van der Waals surface area (Å²) in [6, 6.07) is 2.63. The fraction of sp³-hybridized carbons (Fsp3) is 0.364. The molecule has 0 heterocycles. The first-order chi connectivity index (χ1) is 8.20. The van der Waals surface area contributed by atoms with Crippen molar-refractivity contribution >= 4 is 16.0 Å². The van der Waals surface area contributed by atoms with Gasteiger partial charge in [0.1, 0.15) is 5.82 Å². The van der Waals surface area contributed by atoms with Crippen LogP contribution in [0.3, 0.4) is 0 Å². The highest BCUT2D eigenvalue weighted by molar-refractivity contribution is 7.89.